The summed E-state index contributed by atoms with van der Waals surface area (Å²) in [6, 6.07) is 0.0609. The number of hydrogen-bond acceptors (Lipinski definition) is 7. The second kappa shape index (κ2) is 12.4. The van der Waals surface area contributed by atoms with Gasteiger partial charge in [0.15, 0.2) is 5.78 Å². The monoisotopic (exact) mass is 585 g/mol. The number of likely N-dealkylation sites (tertiary alicyclic amines) is 2. The van der Waals surface area contributed by atoms with Gasteiger partial charge in [0, 0.05) is 31.2 Å². The Hall–Kier alpha value is -1.55. The average molecular weight is 586 g/mol. The molecule has 4 aliphatic heterocycles. The summed E-state index contributed by atoms with van der Waals surface area (Å²) in [5.74, 6) is 0.124. The van der Waals surface area contributed by atoms with E-state index in [-0.39, 0.29) is 48.0 Å². The molecular formula is C33H52FN5O3. The van der Waals surface area contributed by atoms with E-state index in [0.29, 0.717) is 24.4 Å². The first-order valence-electron chi connectivity index (χ1n) is 17.3. The Balaban J connectivity index is 1.13. The summed E-state index contributed by atoms with van der Waals surface area (Å²) in [5, 5.41) is 6.65. The molecule has 42 heavy (non-hydrogen) atoms. The van der Waals surface area contributed by atoms with Crippen LogP contribution in [0.5, 0.6) is 0 Å². The third-order valence-electron chi connectivity index (χ3n) is 12.2. The van der Waals surface area contributed by atoms with Crippen LogP contribution < -0.4 is 10.6 Å². The first-order chi connectivity index (χ1) is 20.5. The van der Waals surface area contributed by atoms with Crippen molar-refractivity contribution in [2.24, 2.45) is 17.8 Å². The lowest BCUT2D eigenvalue weighted by molar-refractivity contribution is -0.220. The van der Waals surface area contributed by atoms with Crippen molar-refractivity contribution in [3.05, 3.63) is 11.8 Å². The lowest BCUT2D eigenvalue weighted by atomic mass is 9.64. The van der Waals surface area contributed by atoms with Crippen LogP contribution in [0.3, 0.4) is 0 Å². The Labute approximate surface area is 251 Å². The number of rotatable bonds is 8. The third-order valence-corrected chi connectivity index (χ3v) is 12.2. The highest BCUT2D eigenvalue weighted by Crippen LogP contribution is 2.50. The van der Waals surface area contributed by atoms with E-state index >= 15 is 4.39 Å². The number of alkyl halides is 1. The number of nitrogens with one attached hydrogen (secondary N) is 2. The topological polar surface area (TPSA) is 77.2 Å². The van der Waals surface area contributed by atoms with E-state index in [1.54, 1.807) is 0 Å². The Morgan fingerprint density at radius 3 is 2.64 bits per heavy atom. The van der Waals surface area contributed by atoms with Crippen molar-refractivity contribution in [1.29, 1.82) is 0 Å². The standard InChI is InChI=1S/C33H52FN5O3/c1-37-15-6-8-22(37)12-13-35-28-26(34)19-24-29-32(28)42-31-23-9-3-2-7-21(23)10-11-27(31)39(29)20-25(30(24)40)33(41)36-14-18-38-16-4-5-17-38/h20-24,26-29,31-32,35H,2-19H2,1H3,(H,36,41). The van der Waals surface area contributed by atoms with Crippen molar-refractivity contribution in [1.82, 2.24) is 25.3 Å². The van der Waals surface area contributed by atoms with Crippen molar-refractivity contribution in [2.75, 3.05) is 46.3 Å². The average Bonchev–Trinajstić information content (AvgIpc) is 3.67. The maximum atomic E-state index is 16.2. The molecule has 3 saturated carbocycles. The van der Waals surface area contributed by atoms with Gasteiger partial charge in [-0.25, -0.2) is 4.39 Å². The van der Waals surface area contributed by atoms with Crippen LogP contribution in [0.15, 0.2) is 11.8 Å². The lowest BCUT2D eigenvalue weighted by Gasteiger charge is -2.61. The molecule has 8 nitrogen and oxygen atoms in total. The third kappa shape index (κ3) is 5.45. The second-order valence-corrected chi connectivity index (χ2v) is 14.5. The predicted molar refractivity (Wildman–Crippen MR) is 160 cm³/mol. The molecule has 10 unspecified atom stereocenters. The molecule has 3 saturated heterocycles. The number of carbonyl (C=O) groups is 2. The van der Waals surface area contributed by atoms with Gasteiger partial charge < -0.3 is 30.1 Å². The summed E-state index contributed by atoms with van der Waals surface area (Å²) in [6.07, 6.45) is 13.5. The van der Waals surface area contributed by atoms with Crippen LogP contribution in [0.4, 0.5) is 4.39 Å². The van der Waals surface area contributed by atoms with Crippen LogP contribution in [0.2, 0.25) is 0 Å². The fourth-order valence-electron chi connectivity index (χ4n) is 9.95. The molecule has 0 bridgehead atoms. The maximum Gasteiger partial charge on any atom is 0.256 e. The second-order valence-electron chi connectivity index (χ2n) is 14.5. The fraction of sp³-hybridized carbons (Fsp3) is 0.879. The summed E-state index contributed by atoms with van der Waals surface area (Å²) in [4.78, 5) is 34.5. The maximum absolute atomic E-state index is 16.2. The molecule has 9 heteroatoms. The van der Waals surface area contributed by atoms with E-state index in [2.05, 4.69) is 32.4 Å². The molecule has 0 aromatic carbocycles. The van der Waals surface area contributed by atoms with Crippen molar-refractivity contribution in [3.8, 4) is 0 Å². The van der Waals surface area contributed by atoms with Crippen molar-refractivity contribution in [2.45, 2.75) is 120 Å². The van der Waals surface area contributed by atoms with Gasteiger partial charge in [0.05, 0.1) is 35.9 Å². The zero-order chi connectivity index (χ0) is 28.8. The minimum atomic E-state index is -1.18. The smallest absolute Gasteiger partial charge is 0.256 e. The van der Waals surface area contributed by atoms with Gasteiger partial charge >= 0.3 is 0 Å². The van der Waals surface area contributed by atoms with Crippen LogP contribution in [-0.4, -0.2) is 115 Å². The number of halogens is 1. The molecule has 234 valence electrons. The van der Waals surface area contributed by atoms with E-state index in [4.69, 9.17) is 4.74 Å². The van der Waals surface area contributed by atoms with Crippen molar-refractivity contribution in [3.63, 3.8) is 0 Å². The molecule has 7 rings (SSSR count). The Bertz CT molecular complexity index is 1040. The number of ether oxygens (including phenoxy) is 1. The van der Waals surface area contributed by atoms with Crippen LogP contribution in [0.1, 0.15) is 77.0 Å². The molecule has 6 fully saturated rings. The van der Waals surface area contributed by atoms with Gasteiger partial charge in [-0.1, -0.05) is 19.3 Å². The minimum Gasteiger partial charge on any atom is -0.369 e. The summed E-state index contributed by atoms with van der Waals surface area (Å²) in [5.41, 5.74) is 0.228. The van der Waals surface area contributed by atoms with E-state index in [9.17, 15) is 9.59 Å². The van der Waals surface area contributed by atoms with E-state index in [1.165, 1.54) is 51.4 Å². The summed E-state index contributed by atoms with van der Waals surface area (Å²) in [7, 11) is 2.19. The van der Waals surface area contributed by atoms with Crippen LogP contribution >= 0.6 is 0 Å². The van der Waals surface area contributed by atoms with Crippen LogP contribution in [-0.2, 0) is 14.3 Å². The normalized spacial score (nSPS) is 42.1. The number of Topliss-reactive ketones (excluding diaryl/α,β-unsaturated/α-hetero) is 1. The molecule has 7 aliphatic rings. The predicted octanol–water partition coefficient (Wildman–Crippen LogP) is 2.87. The molecule has 0 aromatic heterocycles. The first kappa shape index (κ1) is 29.2. The molecule has 0 radical (unpaired) electrons. The van der Waals surface area contributed by atoms with Gasteiger partial charge in [-0.15, -0.1) is 0 Å². The summed E-state index contributed by atoms with van der Waals surface area (Å²) >= 11 is 0. The molecule has 1 amide bonds. The number of morpholine rings is 1. The van der Waals surface area contributed by atoms with E-state index in [1.807, 2.05) is 6.20 Å². The van der Waals surface area contributed by atoms with Gasteiger partial charge in [0.2, 0.25) is 0 Å². The molecule has 10 atom stereocenters. The summed E-state index contributed by atoms with van der Waals surface area (Å²) in [6.45, 7) is 5.39. The SMILES string of the molecule is CN1CCCC1CCNC1C(F)CC2C(=O)C(C(=O)NCCN3CCCC3)=CN3C4CCC5CCCCC5C4OC1C23. The van der Waals surface area contributed by atoms with Gasteiger partial charge in [-0.05, 0) is 103 Å². The number of fused-ring (bicyclic) bond motifs is 4. The number of carbonyl (C=O) groups excluding carboxylic acids is 2. The molecule has 0 aromatic rings. The number of amides is 1. The van der Waals surface area contributed by atoms with Crippen molar-refractivity contribution < 1.29 is 18.7 Å². The van der Waals surface area contributed by atoms with Crippen LogP contribution in [0.25, 0.3) is 0 Å². The van der Waals surface area contributed by atoms with Gasteiger partial charge in [-0.2, -0.15) is 0 Å². The number of hydrogen-bond donors (Lipinski definition) is 2. The molecule has 3 aliphatic carbocycles. The summed E-state index contributed by atoms with van der Waals surface area (Å²) < 4.78 is 23.2. The minimum absolute atomic E-state index is 0.0328. The Morgan fingerprint density at radius 2 is 1.83 bits per heavy atom. The Kier molecular flexibility index (Phi) is 8.65. The Morgan fingerprint density at radius 1 is 1.00 bits per heavy atom. The largest absolute Gasteiger partial charge is 0.369 e. The number of nitrogens with zero attached hydrogens (tertiary/aromatic N) is 3. The van der Waals surface area contributed by atoms with E-state index in [0.717, 1.165) is 52.0 Å². The van der Waals surface area contributed by atoms with Gasteiger partial charge in [-0.3, -0.25) is 9.59 Å². The zero-order valence-electron chi connectivity index (χ0n) is 25.5. The molecular weight excluding hydrogens is 533 g/mol. The molecule has 0 spiro atoms. The fourth-order valence-corrected chi connectivity index (χ4v) is 9.95. The quantitative estimate of drug-likeness (QED) is 0.425. The highest BCUT2D eigenvalue weighted by atomic mass is 19.1. The first-order valence-corrected chi connectivity index (χ1v) is 17.3. The van der Waals surface area contributed by atoms with Crippen molar-refractivity contribution >= 4 is 11.7 Å². The zero-order valence-corrected chi connectivity index (χ0v) is 25.5. The number of ketones is 1. The van der Waals surface area contributed by atoms with Gasteiger partial charge in [0.1, 0.15) is 6.17 Å². The lowest BCUT2D eigenvalue weighted by Crippen LogP contribution is -2.74. The molecule has 2 N–H and O–H groups in total. The highest BCUT2D eigenvalue weighted by Gasteiger charge is 2.60. The highest BCUT2D eigenvalue weighted by molar-refractivity contribution is 6.20. The van der Waals surface area contributed by atoms with Crippen LogP contribution in [0, 0.1) is 17.8 Å². The molecule has 4 heterocycles. The van der Waals surface area contributed by atoms with E-state index < -0.39 is 18.1 Å². The van der Waals surface area contributed by atoms with Gasteiger partial charge in [0.25, 0.3) is 5.91 Å².